The molecule has 0 bridgehead atoms. The maximum Gasteiger partial charge on any atom is 0.160 e. The van der Waals surface area contributed by atoms with E-state index < -0.39 is 0 Å². The third-order valence-electron chi connectivity index (χ3n) is 2.59. The summed E-state index contributed by atoms with van der Waals surface area (Å²) in [5.74, 6) is 1.89. The number of ether oxygens (including phenoxy) is 2. The Kier molecular flexibility index (Phi) is 6.73. The monoisotopic (exact) mass is 267 g/mol. The predicted octanol–water partition coefficient (Wildman–Crippen LogP) is 2.12. The van der Waals surface area contributed by atoms with Crippen molar-refractivity contribution in [3.8, 4) is 5.75 Å². The van der Waals surface area contributed by atoms with Crippen molar-refractivity contribution in [3.63, 3.8) is 0 Å². The Labute approximate surface area is 115 Å². The Morgan fingerprint density at radius 1 is 1.21 bits per heavy atom. The molecule has 1 aromatic heterocycles. The van der Waals surface area contributed by atoms with Gasteiger partial charge in [-0.05, 0) is 0 Å². The summed E-state index contributed by atoms with van der Waals surface area (Å²) in [7, 11) is 1.66. The summed E-state index contributed by atoms with van der Waals surface area (Å²) in [6, 6.07) is 0.407. The minimum absolute atomic E-state index is 0.311. The van der Waals surface area contributed by atoms with Crippen molar-refractivity contribution < 1.29 is 9.47 Å². The Bertz CT molecular complexity index is 381. The molecule has 0 saturated heterocycles. The van der Waals surface area contributed by atoms with Crippen molar-refractivity contribution in [3.05, 3.63) is 17.7 Å². The van der Waals surface area contributed by atoms with Crippen molar-refractivity contribution in [1.82, 2.24) is 15.3 Å². The van der Waals surface area contributed by atoms with E-state index in [9.17, 15) is 0 Å². The van der Waals surface area contributed by atoms with Crippen LogP contribution in [0.4, 0.5) is 0 Å². The standard InChI is InChI=1S/C14H25N3O2/c1-10(2)14-16-9-13(19-7-6-18-5)12(17-14)8-15-11(3)4/h9-11,15H,6-8H2,1-5H3. The van der Waals surface area contributed by atoms with Crippen LogP contribution in [0.3, 0.4) is 0 Å². The van der Waals surface area contributed by atoms with Crippen LogP contribution < -0.4 is 10.1 Å². The summed E-state index contributed by atoms with van der Waals surface area (Å²) in [6.45, 7) is 10.1. The molecule has 1 rings (SSSR count). The quantitative estimate of drug-likeness (QED) is 0.731. The number of hydrogen-bond donors (Lipinski definition) is 1. The van der Waals surface area contributed by atoms with Gasteiger partial charge in [-0.15, -0.1) is 0 Å². The molecule has 0 atom stereocenters. The van der Waals surface area contributed by atoms with Gasteiger partial charge in [0, 0.05) is 25.6 Å². The Morgan fingerprint density at radius 3 is 2.53 bits per heavy atom. The van der Waals surface area contributed by atoms with E-state index in [0.29, 0.717) is 31.7 Å². The van der Waals surface area contributed by atoms with Gasteiger partial charge in [0.25, 0.3) is 0 Å². The molecule has 1 N–H and O–H groups in total. The van der Waals surface area contributed by atoms with E-state index in [4.69, 9.17) is 9.47 Å². The lowest BCUT2D eigenvalue weighted by molar-refractivity contribution is 0.145. The molecule has 0 aliphatic heterocycles. The van der Waals surface area contributed by atoms with Gasteiger partial charge >= 0.3 is 0 Å². The molecule has 0 amide bonds. The van der Waals surface area contributed by atoms with E-state index in [1.54, 1.807) is 13.3 Å². The summed E-state index contributed by atoms with van der Waals surface area (Å²) in [4.78, 5) is 8.92. The maximum absolute atomic E-state index is 5.65. The molecule has 0 fully saturated rings. The first-order valence-electron chi connectivity index (χ1n) is 6.75. The van der Waals surface area contributed by atoms with E-state index in [-0.39, 0.29) is 0 Å². The van der Waals surface area contributed by atoms with Crippen LogP contribution in [-0.4, -0.2) is 36.3 Å². The zero-order chi connectivity index (χ0) is 14.3. The first kappa shape index (κ1) is 15.9. The van der Waals surface area contributed by atoms with Gasteiger partial charge in [-0.3, -0.25) is 0 Å². The zero-order valence-electron chi connectivity index (χ0n) is 12.6. The summed E-state index contributed by atoms with van der Waals surface area (Å²) < 4.78 is 10.6. The fraction of sp³-hybridized carbons (Fsp3) is 0.714. The van der Waals surface area contributed by atoms with Gasteiger partial charge in [-0.25, -0.2) is 9.97 Å². The minimum Gasteiger partial charge on any atom is -0.488 e. The highest BCUT2D eigenvalue weighted by Gasteiger charge is 2.11. The average Bonchev–Trinajstić information content (AvgIpc) is 2.37. The van der Waals surface area contributed by atoms with E-state index in [1.165, 1.54) is 0 Å². The highest BCUT2D eigenvalue weighted by molar-refractivity contribution is 5.25. The number of nitrogens with one attached hydrogen (secondary N) is 1. The fourth-order valence-corrected chi connectivity index (χ4v) is 1.48. The van der Waals surface area contributed by atoms with Gasteiger partial charge in [0.15, 0.2) is 5.75 Å². The highest BCUT2D eigenvalue weighted by Crippen LogP contribution is 2.18. The SMILES string of the molecule is COCCOc1cnc(C(C)C)nc1CNC(C)C. The van der Waals surface area contributed by atoms with E-state index in [2.05, 4.69) is 43.0 Å². The first-order chi connectivity index (χ1) is 9.04. The molecule has 0 saturated carbocycles. The Hall–Kier alpha value is -1.20. The molecule has 0 aliphatic carbocycles. The molecular weight excluding hydrogens is 242 g/mol. The van der Waals surface area contributed by atoms with Gasteiger partial charge in [0.05, 0.1) is 18.5 Å². The Morgan fingerprint density at radius 2 is 1.95 bits per heavy atom. The van der Waals surface area contributed by atoms with Crippen molar-refractivity contribution in [2.75, 3.05) is 20.3 Å². The van der Waals surface area contributed by atoms with Gasteiger partial charge in [-0.2, -0.15) is 0 Å². The largest absolute Gasteiger partial charge is 0.488 e. The minimum atomic E-state index is 0.311. The molecule has 108 valence electrons. The molecule has 0 spiro atoms. The van der Waals surface area contributed by atoms with Crippen molar-refractivity contribution >= 4 is 0 Å². The molecule has 1 aromatic rings. The summed E-state index contributed by atoms with van der Waals surface area (Å²) in [5.41, 5.74) is 0.906. The topological polar surface area (TPSA) is 56.3 Å². The lowest BCUT2D eigenvalue weighted by Gasteiger charge is -2.14. The molecule has 0 aliphatic rings. The van der Waals surface area contributed by atoms with Crippen LogP contribution in [-0.2, 0) is 11.3 Å². The third kappa shape index (κ3) is 5.53. The average molecular weight is 267 g/mol. The van der Waals surface area contributed by atoms with Gasteiger partial charge in [0.1, 0.15) is 12.4 Å². The number of methoxy groups -OCH3 is 1. The van der Waals surface area contributed by atoms with E-state index >= 15 is 0 Å². The van der Waals surface area contributed by atoms with E-state index in [1.807, 2.05) is 0 Å². The highest BCUT2D eigenvalue weighted by atomic mass is 16.5. The maximum atomic E-state index is 5.65. The molecule has 19 heavy (non-hydrogen) atoms. The number of hydrogen-bond acceptors (Lipinski definition) is 5. The summed E-state index contributed by atoms with van der Waals surface area (Å²) in [6.07, 6.45) is 1.76. The smallest absolute Gasteiger partial charge is 0.160 e. The number of nitrogens with zero attached hydrogens (tertiary/aromatic N) is 2. The van der Waals surface area contributed by atoms with Crippen LogP contribution >= 0.6 is 0 Å². The predicted molar refractivity (Wildman–Crippen MR) is 75.5 cm³/mol. The van der Waals surface area contributed by atoms with Crippen LogP contribution in [0, 0.1) is 0 Å². The molecular formula is C14H25N3O2. The second-order valence-electron chi connectivity index (χ2n) is 5.07. The Balaban J connectivity index is 2.81. The molecule has 5 heteroatoms. The fourth-order valence-electron chi connectivity index (χ4n) is 1.48. The van der Waals surface area contributed by atoms with Crippen LogP contribution in [0.5, 0.6) is 5.75 Å². The molecule has 0 unspecified atom stereocenters. The summed E-state index contributed by atoms with van der Waals surface area (Å²) >= 11 is 0. The zero-order valence-corrected chi connectivity index (χ0v) is 12.6. The first-order valence-corrected chi connectivity index (χ1v) is 6.75. The second kappa shape index (κ2) is 8.07. The number of rotatable bonds is 8. The molecule has 1 heterocycles. The van der Waals surface area contributed by atoms with Crippen LogP contribution in [0.25, 0.3) is 0 Å². The summed E-state index contributed by atoms with van der Waals surface area (Å²) in [5, 5.41) is 3.36. The lowest BCUT2D eigenvalue weighted by atomic mass is 10.2. The van der Waals surface area contributed by atoms with Crippen molar-refractivity contribution in [2.45, 2.75) is 46.2 Å². The van der Waals surface area contributed by atoms with Gasteiger partial charge in [0.2, 0.25) is 0 Å². The molecule has 0 radical (unpaired) electrons. The second-order valence-corrected chi connectivity index (χ2v) is 5.07. The van der Waals surface area contributed by atoms with Gasteiger partial charge < -0.3 is 14.8 Å². The third-order valence-corrected chi connectivity index (χ3v) is 2.59. The van der Waals surface area contributed by atoms with E-state index in [0.717, 1.165) is 17.3 Å². The van der Waals surface area contributed by atoms with Crippen LogP contribution in [0.15, 0.2) is 6.20 Å². The normalized spacial score (nSPS) is 11.3. The molecule has 5 nitrogen and oxygen atoms in total. The lowest BCUT2D eigenvalue weighted by Crippen LogP contribution is -2.23. The number of aromatic nitrogens is 2. The van der Waals surface area contributed by atoms with Crippen molar-refractivity contribution in [2.24, 2.45) is 0 Å². The van der Waals surface area contributed by atoms with Crippen LogP contribution in [0.1, 0.15) is 45.1 Å². The van der Waals surface area contributed by atoms with Gasteiger partial charge in [-0.1, -0.05) is 27.7 Å². The van der Waals surface area contributed by atoms with Crippen molar-refractivity contribution in [1.29, 1.82) is 0 Å². The van der Waals surface area contributed by atoms with Crippen LogP contribution in [0.2, 0.25) is 0 Å². The molecule has 0 aromatic carbocycles.